The summed E-state index contributed by atoms with van der Waals surface area (Å²) in [6, 6.07) is 14.5. The van der Waals surface area contributed by atoms with Crippen LogP contribution in [-0.2, 0) is 9.91 Å². The molecule has 0 amide bonds. The zero-order valence-electron chi connectivity index (χ0n) is 16.6. The van der Waals surface area contributed by atoms with E-state index in [1.165, 1.54) is 0 Å². The first-order valence-corrected chi connectivity index (χ1v) is 11.1. The van der Waals surface area contributed by atoms with Crippen LogP contribution in [0.1, 0.15) is 22.3 Å². The van der Waals surface area contributed by atoms with Crippen molar-refractivity contribution in [3.8, 4) is 0 Å². The lowest BCUT2D eigenvalue weighted by Crippen LogP contribution is -2.54. The Hall–Kier alpha value is -1.06. The molecular formula is C19H28O9P2. The lowest BCUT2D eigenvalue weighted by molar-refractivity contribution is -0.136. The minimum atomic E-state index is -2.61. The van der Waals surface area contributed by atoms with E-state index in [-0.39, 0.29) is 0 Å². The summed E-state index contributed by atoms with van der Waals surface area (Å²) in [4.78, 5) is 31.3. The van der Waals surface area contributed by atoms with E-state index in [0.717, 1.165) is 11.1 Å². The molecule has 0 aromatic heterocycles. The minimum absolute atomic E-state index is 0.556. The lowest BCUT2D eigenvalue weighted by Gasteiger charge is -2.46. The molecule has 30 heavy (non-hydrogen) atoms. The third-order valence-electron chi connectivity index (χ3n) is 4.89. The van der Waals surface area contributed by atoms with Crippen molar-refractivity contribution in [2.24, 2.45) is 5.41 Å². The van der Waals surface area contributed by atoms with Gasteiger partial charge >= 0.3 is 17.2 Å². The van der Waals surface area contributed by atoms with Gasteiger partial charge in [-0.3, -0.25) is 0 Å². The van der Waals surface area contributed by atoms with Crippen LogP contribution in [0.5, 0.6) is 0 Å². The average Bonchev–Trinajstić information content (AvgIpc) is 2.69. The molecule has 0 fully saturated rings. The van der Waals surface area contributed by atoms with Gasteiger partial charge < -0.3 is 40.0 Å². The smallest absolute Gasteiger partial charge is 0.334 e. The van der Waals surface area contributed by atoms with Crippen LogP contribution in [0.25, 0.3) is 0 Å². The van der Waals surface area contributed by atoms with Gasteiger partial charge in [0.25, 0.3) is 0 Å². The molecule has 0 bridgehead atoms. The molecule has 11 heteroatoms. The van der Waals surface area contributed by atoms with E-state index in [2.05, 4.69) is 4.31 Å². The Morgan fingerprint density at radius 2 is 1.03 bits per heavy atom. The molecule has 0 aliphatic carbocycles. The summed E-state index contributed by atoms with van der Waals surface area (Å²) >= 11 is 0. The summed E-state index contributed by atoms with van der Waals surface area (Å²) in [5, 5.41) is 41.6. The summed E-state index contributed by atoms with van der Waals surface area (Å²) in [7, 11) is -5.22. The van der Waals surface area contributed by atoms with Crippen LogP contribution in [0.2, 0.25) is 0 Å². The molecule has 2 aromatic rings. The molecule has 0 saturated heterocycles. The Bertz CT molecular complexity index is 722. The number of benzene rings is 2. The van der Waals surface area contributed by atoms with E-state index in [1.54, 1.807) is 24.3 Å². The van der Waals surface area contributed by atoms with Gasteiger partial charge in [-0.15, -0.1) is 0 Å². The van der Waals surface area contributed by atoms with Crippen LogP contribution in [0, 0.1) is 19.3 Å². The maximum absolute atomic E-state index is 11.7. The van der Waals surface area contributed by atoms with Crippen molar-refractivity contribution in [3.63, 3.8) is 0 Å². The molecule has 0 saturated carbocycles. The van der Waals surface area contributed by atoms with Crippen molar-refractivity contribution >= 4 is 17.2 Å². The lowest BCUT2D eigenvalue weighted by atomic mass is 9.64. The molecule has 0 heterocycles. The summed E-state index contributed by atoms with van der Waals surface area (Å²) in [6.45, 7) is 2.04. The number of aryl methyl sites for hydroxylation is 2. The number of aliphatic hydroxyl groups is 4. The van der Waals surface area contributed by atoms with Gasteiger partial charge in [0.2, 0.25) is 0 Å². The standard InChI is InChI=1S/C19H24O4.H4O5P2/c1-14-7-3-5-9-16(14)19(23,18(11-20,12-21)13-22)17-10-6-4-8-15(17)2;1-6(2)5-7(3)4/h3-10,20-23H,11-13H2,1-2H3;1-4H. The zero-order valence-corrected chi connectivity index (χ0v) is 18.4. The molecule has 0 unspecified atom stereocenters. The summed E-state index contributed by atoms with van der Waals surface area (Å²) in [5.41, 5.74) is -0.471. The third-order valence-corrected chi connectivity index (χ3v) is 6.06. The van der Waals surface area contributed by atoms with Gasteiger partial charge in [0.05, 0.1) is 25.2 Å². The normalized spacial score (nSPS) is 12.1. The van der Waals surface area contributed by atoms with Gasteiger partial charge in [-0.25, -0.2) is 4.31 Å². The molecule has 168 valence electrons. The number of hydrogen-bond donors (Lipinski definition) is 8. The van der Waals surface area contributed by atoms with Gasteiger partial charge in [0, 0.05) is 0 Å². The molecule has 2 rings (SSSR count). The molecular weight excluding hydrogens is 434 g/mol. The molecule has 8 N–H and O–H groups in total. The minimum Gasteiger partial charge on any atom is -0.395 e. The Labute approximate surface area is 177 Å². The van der Waals surface area contributed by atoms with E-state index >= 15 is 0 Å². The Kier molecular flexibility index (Phi) is 10.9. The van der Waals surface area contributed by atoms with Crippen LogP contribution >= 0.6 is 17.2 Å². The summed E-state index contributed by atoms with van der Waals surface area (Å²) in [6.07, 6.45) is 0. The number of rotatable bonds is 8. The number of aliphatic hydroxyl groups excluding tert-OH is 3. The highest BCUT2D eigenvalue weighted by molar-refractivity contribution is 7.53. The van der Waals surface area contributed by atoms with Crippen LogP contribution in [0.15, 0.2) is 48.5 Å². The Balaban J connectivity index is 0.000000553. The number of hydrogen-bond acceptors (Lipinski definition) is 9. The maximum Gasteiger partial charge on any atom is 0.334 e. The fourth-order valence-electron chi connectivity index (χ4n) is 3.23. The fraction of sp³-hybridized carbons (Fsp3) is 0.368. The molecule has 9 nitrogen and oxygen atoms in total. The SMILES string of the molecule is Cc1ccccc1C(O)(c1ccccc1C)C(CO)(CO)CO.OP(O)OP(O)O. The Morgan fingerprint density at radius 3 is 1.27 bits per heavy atom. The molecule has 0 atom stereocenters. The second-order valence-corrected chi connectivity index (χ2v) is 8.35. The van der Waals surface area contributed by atoms with Crippen molar-refractivity contribution < 1.29 is 44.3 Å². The van der Waals surface area contributed by atoms with Crippen LogP contribution in [-0.4, -0.2) is 59.8 Å². The quantitative estimate of drug-likeness (QED) is 0.266. The van der Waals surface area contributed by atoms with Gasteiger partial charge in [-0.05, 0) is 36.1 Å². The van der Waals surface area contributed by atoms with E-state index < -0.39 is 48.0 Å². The molecule has 0 aliphatic heterocycles. The third kappa shape index (κ3) is 6.01. The van der Waals surface area contributed by atoms with Crippen LogP contribution < -0.4 is 0 Å². The zero-order chi connectivity index (χ0) is 22.9. The molecule has 0 radical (unpaired) electrons. The van der Waals surface area contributed by atoms with Crippen molar-refractivity contribution in [2.75, 3.05) is 19.8 Å². The fourth-order valence-corrected chi connectivity index (χ4v) is 3.76. The maximum atomic E-state index is 11.7. The molecule has 2 aromatic carbocycles. The van der Waals surface area contributed by atoms with Crippen molar-refractivity contribution in [2.45, 2.75) is 19.4 Å². The van der Waals surface area contributed by atoms with E-state index in [0.29, 0.717) is 11.1 Å². The van der Waals surface area contributed by atoms with Crippen molar-refractivity contribution in [3.05, 3.63) is 70.8 Å². The first-order chi connectivity index (χ1) is 14.1. The average molecular weight is 462 g/mol. The predicted molar refractivity (Wildman–Crippen MR) is 113 cm³/mol. The first kappa shape index (κ1) is 27.0. The van der Waals surface area contributed by atoms with E-state index in [1.807, 2.05) is 38.1 Å². The highest BCUT2D eigenvalue weighted by atomic mass is 31.2. The monoisotopic (exact) mass is 462 g/mol. The topological polar surface area (TPSA) is 171 Å². The largest absolute Gasteiger partial charge is 0.395 e. The highest BCUT2D eigenvalue weighted by Crippen LogP contribution is 2.47. The van der Waals surface area contributed by atoms with Gasteiger partial charge in [-0.1, -0.05) is 48.5 Å². The second kappa shape index (κ2) is 12.1. The highest BCUT2D eigenvalue weighted by Gasteiger charge is 2.53. The summed E-state index contributed by atoms with van der Waals surface area (Å²) in [5.74, 6) is 0. The van der Waals surface area contributed by atoms with Crippen LogP contribution in [0.4, 0.5) is 0 Å². The van der Waals surface area contributed by atoms with E-state index in [9.17, 15) is 20.4 Å². The second-order valence-electron chi connectivity index (χ2n) is 6.68. The first-order valence-electron chi connectivity index (χ1n) is 8.80. The predicted octanol–water partition coefficient (Wildman–Crippen LogP) is 0.929. The van der Waals surface area contributed by atoms with Gasteiger partial charge in [0.1, 0.15) is 5.60 Å². The Morgan fingerprint density at radius 1 is 0.700 bits per heavy atom. The van der Waals surface area contributed by atoms with Crippen molar-refractivity contribution in [1.29, 1.82) is 0 Å². The van der Waals surface area contributed by atoms with Crippen LogP contribution in [0.3, 0.4) is 0 Å². The molecule has 0 aliphatic rings. The van der Waals surface area contributed by atoms with Crippen molar-refractivity contribution in [1.82, 2.24) is 0 Å². The molecule has 0 spiro atoms. The summed E-state index contributed by atoms with van der Waals surface area (Å²) < 4.78 is 3.60. The van der Waals surface area contributed by atoms with Gasteiger partial charge in [-0.2, -0.15) is 0 Å². The van der Waals surface area contributed by atoms with Gasteiger partial charge in [0.15, 0.2) is 0 Å². The van der Waals surface area contributed by atoms with E-state index in [4.69, 9.17) is 19.6 Å².